The van der Waals surface area contributed by atoms with Crippen LogP contribution in [0.1, 0.15) is 34.6 Å². The Morgan fingerprint density at radius 3 is 2.45 bits per heavy atom. The molecule has 2 amide bonds. The van der Waals surface area contributed by atoms with Gasteiger partial charge in [0.05, 0.1) is 0 Å². The lowest BCUT2D eigenvalue weighted by atomic mass is 9.96. The maximum Gasteiger partial charge on any atom is 0.317 e. The first-order chi connectivity index (χ1) is 10.1. The van der Waals surface area contributed by atoms with Crippen molar-refractivity contribution >= 4 is 6.03 Å². The fraction of sp³-hybridized carbons (Fsp3) is 0.941. The van der Waals surface area contributed by atoms with Crippen molar-refractivity contribution in [3.05, 3.63) is 0 Å². The van der Waals surface area contributed by atoms with Gasteiger partial charge in [-0.15, -0.1) is 0 Å². The van der Waals surface area contributed by atoms with Gasteiger partial charge in [0.1, 0.15) is 0 Å². The molecule has 5 nitrogen and oxygen atoms in total. The van der Waals surface area contributed by atoms with Crippen LogP contribution in [0, 0.1) is 11.3 Å². The summed E-state index contributed by atoms with van der Waals surface area (Å²) in [5, 5.41) is 3.15. The van der Waals surface area contributed by atoms with Crippen LogP contribution in [0.25, 0.3) is 0 Å². The van der Waals surface area contributed by atoms with Crippen LogP contribution >= 0.6 is 0 Å². The van der Waals surface area contributed by atoms with E-state index in [1.54, 1.807) is 0 Å². The summed E-state index contributed by atoms with van der Waals surface area (Å²) in [6.07, 6.45) is 0. The monoisotopic (exact) mass is 312 g/mol. The van der Waals surface area contributed by atoms with Gasteiger partial charge in [0.15, 0.2) is 0 Å². The van der Waals surface area contributed by atoms with Crippen molar-refractivity contribution < 1.29 is 4.79 Å². The van der Waals surface area contributed by atoms with Crippen molar-refractivity contribution in [2.24, 2.45) is 11.3 Å². The fourth-order valence-corrected chi connectivity index (χ4v) is 2.87. The number of carbonyl (C=O) groups excluding carboxylic acids is 1. The van der Waals surface area contributed by atoms with E-state index in [-0.39, 0.29) is 11.4 Å². The molecule has 0 bridgehead atoms. The molecule has 1 fully saturated rings. The van der Waals surface area contributed by atoms with Gasteiger partial charge in [-0.1, -0.05) is 34.6 Å². The molecule has 0 aromatic carbocycles. The van der Waals surface area contributed by atoms with Crippen LogP contribution in [0.5, 0.6) is 0 Å². The average molecular weight is 313 g/mol. The number of hydrogen-bond acceptors (Lipinski definition) is 3. The third-order valence-electron chi connectivity index (χ3n) is 4.01. The normalized spacial score (nSPS) is 21.2. The molecule has 0 aromatic rings. The van der Waals surface area contributed by atoms with Crippen LogP contribution in [-0.2, 0) is 0 Å². The average Bonchev–Trinajstić information content (AvgIpc) is 2.36. The van der Waals surface area contributed by atoms with Crippen molar-refractivity contribution in [1.29, 1.82) is 0 Å². The lowest BCUT2D eigenvalue weighted by molar-refractivity contribution is 0.110. The Balaban J connectivity index is 2.54. The molecule has 0 saturated carbocycles. The quantitative estimate of drug-likeness (QED) is 0.843. The van der Waals surface area contributed by atoms with Gasteiger partial charge in [-0.25, -0.2) is 4.79 Å². The van der Waals surface area contributed by atoms with Gasteiger partial charge in [0.25, 0.3) is 0 Å². The first-order valence-electron chi connectivity index (χ1n) is 8.50. The molecule has 0 aliphatic carbocycles. The van der Waals surface area contributed by atoms with Gasteiger partial charge in [-0.3, -0.25) is 4.90 Å². The van der Waals surface area contributed by atoms with Crippen LogP contribution in [0.4, 0.5) is 4.79 Å². The molecular formula is C17H36N4O. The van der Waals surface area contributed by atoms with Crippen molar-refractivity contribution in [3.63, 3.8) is 0 Å². The van der Waals surface area contributed by atoms with E-state index < -0.39 is 0 Å². The predicted molar refractivity (Wildman–Crippen MR) is 93.2 cm³/mol. The highest BCUT2D eigenvalue weighted by molar-refractivity contribution is 5.74. The molecule has 0 aromatic heterocycles. The van der Waals surface area contributed by atoms with Gasteiger partial charge < -0.3 is 15.1 Å². The molecule has 5 heteroatoms. The highest BCUT2D eigenvalue weighted by Crippen LogP contribution is 2.16. The summed E-state index contributed by atoms with van der Waals surface area (Å²) in [7, 11) is 4.29. The Bertz CT molecular complexity index is 351. The Labute approximate surface area is 137 Å². The van der Waals surface area contributed by atoms with E-state index >= 15 is 0 Å². The Morgan fingerprint density at radius 1 is 1.27 bits per heavy atom. The molecule has 0 unspecified atom stereocenters. The molecule has 1 rings (SSSR count). The lowest BCUT2D eigenvalue weighted by Gasteiger charge is -2.38. The molecule has 0 spiro atoms. The van der Waals surface area contributed by atoms with E-state index in [4.69, 9.17) is 0 Å². The van der Waals surface area contributed by atoms with E-state index in [0.717, 1.165) is 39.3 Å². The topological polar surface area (TPSA) is 38.8 Å². The second kappa shape index (κ2) is 8.16. The van der Waals surface area contributed by atoms with Crippen molar-refractivity contribution in [2.45, 2.75) is 40.7 Å². The molecule has 1 aliphatic rings. The zero-order valence-corrected chi connectivity index (χ0v) is 15.6. The van der Waals surface area contributed by atoms with Crippen LogP contribution in [0.15, 0.2) is 0 Å². The van der Waals surface area contributed by atoms with Crippen LogP contribution < -0.4 is 5.32 Å². The van der Waals surface area contributed by atoms with E-state index in [2.05, 4.69) is 63.8 Å². The maximum absolute atomic E-state index is 12.6. The number of rotatable bonds is 5. The van der Waals surface area contributed by atoms with Gasteiger partial charge in [0.2, 0.25) is 0 Å². The summed E-state index contributed by atoms with van der Waals surface area (Å²) in [6.45, 7) is 16.4. The van der Waals surface area contributed by atoms with Crippen LogP contribution in [0.2, 0.25) is 0 Å². The Morgan fingerprint density at radius 2 is 1.91 bits per heavy atom. The minimum atomic E-state index is 0.0743. The summed E-state index contributed by atoms with van der Waals surface area (Å²) in [6, 6.07) is 0.475. The molecule has 1 heterocycles. The summed E-state index contributed by atoms with van der Waals surface area (Å²) >= 11 is 0. The summed E-state index contributed by atoms with van der Waals surface area (Å²) in [5.74, 6) is 0.483. The molecule has 22 heavy (non-hydrogen) atoms. The molecule has 1 N–H and O–H groups in total. The SMILES string of the molecule is CC(C)CN(CC(C)(C)C)C(=O)NC[C@H]1CN(C)CCN1C. The number of amides is 2. The largest absolute Gasteiger partial charge is 0.336 e. The molecule has 130 valence electrons. The second-order valence-corrected chi connectivity index (χ2v) is 8.42. The maximum atomic E-state index is 12.6. The minimum Gasteiger partial charge on any atom is -0.336 e. The smallest absolute Gasteiger partial charge is 0.317 e. The highest BCUT2D eigenvalue weighted by atomic mass is 16.2. The van der Waals surface area contributed by atoms with Crippen molar-refractivity contribution in [3.8, 4) is 0 Å². The first kappa shape index (κ1) is 19.2. The zero-order valence-electron chi connectivity index (χ0n) is 15.6. The number of nitrogens with one attached hydrogen (secondary N) is 1. The summed E-state index contributed by atoms with van der Waals surface area (Å²) in [5.41, 5.74) is 0.119. The minimum absolute atomic E-state index is 0.0743. The first-order valence-corrected chi connectivity index (χ1v) is 8.50. The number of urea groups is 1. The van der Waals surface area contributed by atoms with E-state index in [1.807, 2.05) is 4.90 Å². The van der Waals surface area contributed by atoms with Crippen LogP contribution in [-0.4, -0.2) is 80.1 Å². The molecule has 1 saturated heterocycles. The highest BCUT2D eigenvalue weighted by Gasteiger charge is 2.25. The van der Waals surface area contributed by atoms with E-state index in [9.17, 15) is 4.79 Å². The van der Waals surface area contributed by atoms with E-state index in [0.29, 0.717) is 12.0 Å². The third-order valence-corrected chi connectivity index (χ3v) is 4.01. The van der Waals surface area contributed by atoms with Gasteiger partial charge in [-0.05, 0) is 25.4 Å². The van der Waals surface area contributed by atoms with Crippen molar-refractivity contribution in [2.75, 3.05) is 53.4 Å². The number of carbonyl (C=O) groups is 1. The number of likely N-dealkylation sites (N-methyl/N-ethyl adjacent to an activating group) is 2. The van der Waals surface area contributed by atoms with Gasteiger partial charge >= 0.3 is 6.03 Å². The van der Waals surface area contributed by atoms with Gasteiger partial charge in [-0.2, -0.15) is 0 Å². The Hall–Kier alpha value is -0.810. The summed E-state index contributed by atoms with van der Waals surface area (Å²) < 4.78 is 0. The fourth-order valence-electron chi connectivity index (χ4n) is 2.87. The zero-order chi connectivity index (χ0) is 16.9. The van der Waals surface area contributed by atoms with E-state index in [1.165, 1.54) is 0 Å². The molecule has 0 radical (unpaired) electrons. The molecule has 1 atom stereocenters. The second-order valence-electron chi connectivity index (χ2n) is 8.42. The number of hydrogen-bond donors (Lipinski definition) is 1. The summed E-state index contributed by atoms with van der Waals surface area (Å²) in [4.78, 5) is 19.2. The predicted octanol–water partition coefficient (Wildman–Crippen LogP) is 1.95. The Kier molecular flexibility index (Phi) is 7.13. The lowest BCUT2D eigenvalue weighted by Crippen LogP contribution is -2.56. The number of piperazine rings is 1. The molecule has 1 aliphatic heterocycles. The molecular weight excluding hydrogens is 276 g/mol. The number of nitrogens with zero attached hydrogens (tertiary/aromatic N) is 3. The third kappa shape index (κ3) is 6.97. The van der Waals surface area contributed by atoms with Gasteiger partial charge in [0, 0.05) is 45.3 Å². The standard InChI is InChI=1S/C17H36N4O/c1-14(2)11-21(13-17(3,4)5)16(22)18-10-15-12-19(6)8-9-20(15)7/h14-15H,8-13H2,1-7H3,(H,18,22)/t15-/m0/s1. The van der Waals surface area contributed by atoms with Crippen molar-refractivity contribution in [1.82, 2.24) is 20.0 Å². The van der Waals surface area contributed by atoms with Crippen LogP contribution in [0.3, 0.4) is 0 Å².